The second-order valence-corrected chi connectivity index (χ2v) is 6.67. The van der Waals surface area contributed by atoms with E-state index in [0.717, 1.165) is 42.5 Å². The SMILES string of the molecule is O=C(Nc1onc2c1CCCC2)[C@@H]1COCC(=O)N1Cc1ccccc1. The van der Waals surface area contributed by atoms with Crippen LogP contribution in [-0.4, -0.2) is 41.1 Å². The van der Waals surface area contributed by atoms with Crippen molar-refractivity contribution in [2.75, 3.05) is 18.5 Å². The van der Waals surface area contributed by atoms with Crippen LogP contribution < -0.4 is 5.32 Å². The molecule has 1 aromatic heterocycles. The van der Waals surface area contributed by atoms with E-state index in [1.165, 1.54) is 0 Å². The molecule has 2 aromatic rings. The molecule has 0 bridgehead atoms. The number of ether oxygens (including phenoxy) is 1. The van der Waals surface area contributed by atoms with E-state index in [1.54, 1.807) is 4.90 Å². The van der Waals surface area contributed by atoms with Gasteiger partial charge in [0.15, 0.2) is 0 Å². The van der Waals surface area contributed by atoms with Crippen LogP contribution in [0.25, 0.3) is 0 Å². The lowest BCUT2D eigenvalue weighted by atomic mass is 9.97. The van der Waals surface area contributed by atoms with Crippen LogP contribution >= 0.6 is 0 Å². The number of hydrogen-bond acceptors (Lipinski definition) is 5. The molecule has 1 aliphatic heterocycles. The minimum Gasteiger partial charge on any atom is -0.369 e. The number of benzene rings is 1. The molecule has 1 aliphatic carbocycles. The molecule has 26 heavy (non-hydrogen) atoms. The van der Waals surface area contributed by atoms with E-state index < -0.39 is 6.04 Å². The Hall–Kier alpha value is -2.67. The highest BCUT2D eigenvalue weighted by atomic mass is 16.5. The first kappa shape index (κ1) is 16.8. The van der Waals surface area contributed by atoms with Gasteiger partial charge in [-0.05, 0) is 31.2 Å². The smallest absolute Gasteiger partial charge is 0.251 e. The number of anilines is 1. The van der Waals surface area contributed by atoms with E-state index in [0.29, 0.717) is 12.4 Å². The predicted molar refractivity (Wildman–Crippen MR) is 93.4 cm³/mol. The number of hydrogen-bond donors (Lipinski definition) is 1. The maximum atomic E-state index is 12.8. The van der Waals surface area contributed by atoms with Gasteiger partial charge in [0.05, 0.1) is 12.3 Å². The summed E-state index contributed by atoms with van der Waals surface area (Å²) < 4.78 is 10.7. The normalized spacial score (nSPS) is 19.9. The summed E-state index contributed by atoms with van der Waals surface area (Å²) >= 11 is 0. The van der Waals surface area contributed by atoms with Crippen LogP contribution in [0.2, 0.25) is 0 Å². The Labute approximate surface area is 151 Å². The molecule has 2 aliphatic rings. The van der Waals surface area contributed by atoms with Gasteiger partial charge in [-0.2, -0.15) is 0 Å². The summed E-state index contributed by atoms with van der Waals surface area (Å²) in [6.07, 6.45) is 3.87. The van der Waals surface area contributed by atoms with Crippen molar-refractivity contribution in [2.45, 2.75) is 38.3 Å². The highest BCUT2D eigenvalue weighted by Crippen LogP contribution is 2.28. The molecule has 1 fully saturated rings. The van der Waals surface area contributed by atoms with Gasteiger partial charge in [0, 0.05) is 12.1 Å². The Morgan fingerprint density at radius 2 is 2.04 bits per heavy atom. The van der Waals surface area contributed by atoms with Crippen LogP contribution in [0.1, 0.15) is 29.7 Å². The molecule has 2 heterocycles. The van der Waals surface area contributed by atoms with Crippen LogP contribution in [0.3, 0.4) is 0 Å². The average molecular weight is 355 g/mol. The van der Waals surface area contributed by atoms with E-state index in [2.05, 4.69) is 10.5 Å². The number of carbonyl (C=O) groups excluding carboxylic acids is 2. The topological polar surface area (TPSA) is 84.7 Å². The molecule has 136 valence electrons. The molecule has 2 amide bonds. The van der Waals surface area contributed by atoms with Gasteiger partial charge in [-0.3, -0.25) is 14.9 Å². The summed E-state index contributed by atoms with van der Waals surface area (Å²) in [6.45, 7) is 0.532. The lowest BCUT2D eigenvalue weighted by molar-refractivity contribution is -0.154. The Kier molecular flexibility index (Phi) is 4.71. The number of rotatable bonds is 4. The molecule has 4 rings (SSSR count). The van der Waals surface area contributed by atoms with Crippen LogP contribution in [0, 0.1) is 0 Å². The van der Waals surface area contributed by atoms with Crippen molar-refractivity contribution in [2.24, 2.45) is 0 Å². The molecule has 1 aromatic carbocycles. The van der Waals surface area contributed by atoms with Crippen LogP contribution in [0.15, 0.2) is 34.9 Å². The van der Waals surface area contributed by atoms with Crippen molar-refractivity contribution < 1.29 is 18.8 Å². The van der Waals surface area contributed by atoms with Gasteiger partial charge in [-0.1, -0.05) is 35.5 Å². The first-order chi connectivity index (χ1) is 12.7. The minimum absolute atomic E-state index is 0.00564. The second-order valence-electron chi connectivity index (χ2n) is 6.67. The Balaban J connectivity index is 1.51. The van der Waals surface area contributed by atoms with E-state index in [-0.39, 0.29) is 25.0 Å². The zero-order valence-electron chi connectivity index (χ0n) is 14.4. The highest BCUT2D eigenvalue weighted by molar-refractivity contribution is 5.97. The number of aryl methyl sites for hydroxylation is 1. The monoisotopic (exact) mass is 355 g/mol. The standard InChI is InChI=1S/C19H21N3O4/c23-17-12-25-11-16(22(17)10-13-6-2-1-3-7-13)18(24)20-19-14-8-4-5-9-15(14)21-26-19/h1-3,6-7,16H,4-5,8-12H2,(H,20,24)/t16-/m0/s1. The average Bonchev–Trinajstić information content (AvgIpc) is 3.07. The van der Waals surface area contributed by atoms with Gasteiger partial charge in [-0.25, -0.2) is 0 Å². The lowest BCUT2D eigenvalue weighted by Crippen LogP contribution is -2.54. The molecule has 0 spiro atoms. The Morgan fingerprint density at radius 1 is 1.23 bits per heavy atom. The third-order valence-corrected chi connectivity index (χ3v) is 4.89. The molecule has 1 atom stereocenters. The number of nitrogens with one attached hydrogen (secondary N) is 1. The van der Waals surface area contributed by atoms with Gasteiger partial charge in [-0.15, -0.1) is 0 Å². The van der Waals surface area contributed by atoms with Crippen LogP contribution in [-0.2, 0) is 33.7 Å². The van der Waals surface area contributed by atoms with Crippen molar-refractivity contribution in [3.05, 3.63) is 47.2 Å². The predicted octanol–water partition coefficient (Wildman–Crippen LogP) is 1.92. The highest BCUT2D eigenvalue weighted by Gasteiger charge is 2.35. The fraction of sp³-hybridized carbons (Fsp3) is 0.421. The van der Waals surface area contributed by atoms with Gasteiger partial charge in [0.25, 0.3) is 5.91 Å². The van der Waals surface area contributed by atoms with Gasteiger partial charge < -0.3 is 14.2 Å². The van der Waals surface area contributed by atoms with E-state index in [1.807, 2.05) is 30.3 Å². The van der Waals surface area contributed by atoms with Gasteiger partial charge >= 0.3 is 0 Å². The molecular formula is C19H21N3O4. The number of fused-ring (bicyclic) bond motifs is 1. The van der Waals surface area contributed by atoms with E-state index >= 15 is 0 Å². The van der Waals surface area contributed by atoms with Crippen LogP contribution in [0.5, 0.6) is 0 Å². The first-order valence-electron chi connectivity index (χ1n) is 8.92. The number of carbonyl (C=O) groups is 2. The maximum absolute atomic E-state index is 12.8. The van der Waals surface area contributed by atoms with Gasteiger partial charge in [0.2, 0.25) is 11.8 Å². The number of amides is 2. The summed E-state index contributed by atoms with van der Waals surface area (Å²) in [4.78, 5) is 26.7. The number of aromatic nitrogens is 1. The van der Waals surface area contributed by atoms with Crippen LogP contribution in [0.4, 0.5) is 5.88 Å². The molecule has 0 saturated carbocycles. The fourth-order valence-electron chi connectivity index (χ4n) is 3.48. The van der Waals surface area contributed by atoms with Crippen molar-refractivity contribution in [3.63, 3.8) is 0 Å². The molecular weight excluding hydrogens is 334 g/mol. The lowest BCUT2D eigenvalue weighted by Gasteiger charge is -2.34. The van der Waals surface area contributed by atoms with Crippen molar-refractivity contribution in [1.82, 2.24) is 10.1 Å². The Bertz CT molecular complexity index is 802. The quantitative estimate of drug-likeness (QED) is 0.906. The molecule has 1 saturated heterocycles. The molecule has 1 N–H and O–H groups in total. The van der Waals surface area contributed by atoms with E-state index in [9.17, 15) is 9.59 Å². The molecule has 0 radical (unpaired) electrons. The zero-order valence-corrected chi connectivity index (χ0v) is 14.4. The molecule has 7 nitrogen and oxygen atoms in total. The third kappa shape index (κ3) is 3.35. The second kappa shape index (κ2) is 7.29. The summed E-state index contributed by atoms with van der Waals surface area (Å²) in [7, 11) is 0. The first-order valence-corrected chi connectivity index (χ1v) is 8.92. The zero-order chi connectivity index (χ0) is 17.9. The number of morpholine rings is 1. The molecule has 7 heteroatoms. The molecule has 0 unspecified atom stereocenters. The van der Waals surface area contributed by atoms with Crippen molar-refractivity contribution >= 4 is 17.7 Å². The van der Waals surface area contributed by atoms with Crippen molar-refractivity contribution in [1.29, 1.82) is 0 Å². The van der Waals surface area contributed by atoms with Gasteiger partial charge in [0.1, 0.15) is 12.6 Å². The van der Waals surface area contributed by atoms with E-state index in [4.69, 9.17) is 9.26 Å². The Morgan fingerprint density at radius 3 is 2.88 bits per heavy atom. The van der Waals surface area contributed by atoms with Crippen molar-refractivity contribution in [3.8, 4) is 0 Å². The third-order valence-electron chi connectivity index (χ3n) is 4.89. The largest absolute Gasteiger partial charge is 0.369 e. The summed E-state index contributed by atoms with van der Waals surface area (Å²) in [5, 5.41) is 6.87. The minimum atomic E-state index is -0.694. The fourth-order valence-corrected chi connectivity index (χ4v) is 3.48. The summed E-state index contributed by atoms with van der Waals surface area (Å²) in [6, 6.07) is 8.92. The maximum Gasteiger partial charge on any atom is 0.251 e. The summed E-state index contributed by atoms with van der Waals surface area (Å²) in [5.74, 6) is -0.0965. The summed E-state index contributed by atoms with van der Waals surface area (Å²) in [5.41, 5.74) is 2.86. The number of nitrogens with zero attached hydrogens (tertiary/aromatic N) is 2.